The third kappa shape index (κ3) is 3.96. The molecule has 1 atom stereocenters. The lowest BCUT2D eigenvalue weighted by atomic mass is 10.1. The summed E-state index contributed by atoms with van der Waals surface area (Å²) in [6.45, 7) is 11.5. The Balaban J connectivity index is 1.88. The molecule has 1 saturated heterocycles. The number of nitrogens with one attached hydrogen (secondary N) is 1. The van der Waals surface area contributed by atoms with E-state index in [4.69, 9.17) is 4.42 Å². The molecular formula is C15H28N4O. The van der Waals surface area contributed by atoms with Gasteiger partial charge in [0.05, 0.1) is 5.69 Å². The van der Waals surface area contributed by atoms with Crippen LogP contribution in [0.15, 0.2) is 10.7 Å². The molecule has 1 aliphatic heterocycles. The maximum Gasteiger partial charge on any atom is 0.297 e. The number of nitrogens with zero attached hydrogens (tertiary/aromatic N) is 3. The summed E-state index contributed by atoms with van der Waals surface area (Å²) in [5.74, 6) is 0.657. The zero-order valence-electron chi connectivity index (χ0n) is 13.2. The van der Waals surface area contributed by atoms with Crippen molar-refractivity contribution in [2.75, 3.05) is 38.1 Å². The van der Waals surface area contributed by atoms with E-state index in [2.05, 4.69) is 47.9 Å². The van der Waals surface area contributed by atoms with E-state index in [0.717, 1.165) is 50.9 Å². The van der Waals surface area contributed by atoms with Gasteiger partial charge in [0, 0.05) is 32.2 Å². The smallest absolute Gasteiger partial charge is 0.297 e. The summed E-state index contributed by atoms with van der Waals surface area (Å²) in [6, 6.07) is 1.37. The fourth-order valence-corrected chi connectivity index (χ4v) is 2.57. The predicted molar refractivity (Wildman–Crippen MR) is 82.0 cm³/mol. The lowest BCUT2D eigenvalue weighted by molar-refractivity contribution is 0.209. The molecule has 0 aliphatic carbocycles. The Kier molecular flexibility index (Phi) is 5.43. The Morgan fingerprint density at radius 1 is 1.45 bits per heavy atom. The fraction of sp³-hybridized carbons (Fsp3) is 0.800. The van der Waals surface area contributed by atoms with Crippen LogP contribution in [-0.2, 0) is 6.54 Å². The molecule has 5 nitrogen and oxygen atoms in total. The highest BCUT2D eigenvalue weighted by molar-refractivity contribution is 5.28. The van der Waals surface area contributed by atoms with Gasteiger partial charge in [-0.25, -0.2) is 0 Å². The molecular weight excluding hydrogens is 252 g/mol. The van der Waals surface area contributed by atoms with E-state index >= 15 is 0 Å². The van der Waals surface area contributed by atoms with E-state index in [1.807, 2.05) is 0 Å². The third-order valence-electron chi connectivity index (χ3n) is 3.92. The number of piperazine rings is 1. The lowest BCUT2D eigenvalue weighted by Gasteiger charge is -2.38. The topological polar surface area (TPSA) is 44.5 Å². The van der Waals surface area contributed by atoms with Crippen molar-refractivity contribution < 1.29 is 4.42 Å². The quantitative estimate of drug-likeness (QED) is 0.863. The highest BCUT2D eigenvalue weighted by Gasteiger charge is 2.25. The van der Waals surface area contributed by atoms with E-state index in [-0.39, 0.29) is 0 Å². The maximum atomic E-state index is 5.65. The number of hydrogen-bond acceptors (Lipinski definition) is 5. The molecule has 114 valence electrons. The van der Waals surface area contributed by atoms with Gasteiger partial charge in [-0.1, -0.05) is 20.8 Å². The number of likely N-dealkylation sites (N-methyl/N-ethyl adjacent to an activating group) is 1. The van der Waals surface area contributed by atoms with Crippen LogP contribution >= 0.6 is 0 Å². The van der Waals surface area contributed by atoms with Crippen LogP contribution in [0.4, 0.5) is 6.01 Å². The number of rotatable bonds is 6. The van der Waals surface area contributed by atoms with Gasteiger partial charge in [0.15, 0.2) is 0 Å². The minimum Gasteiger partial charge on any atom is -0.432 e. The summed E-state index contributed by atoms with van der Waals surface area (Å²) in [6.07, 6.45) is 2.94. The monoisotopic (exact) mass is 280 g/mol. The summed E-state index contributed by atoms with van der Waals surface area (Å²) >= 11 is 0. The molecule has 5 heteroatoms. The van der Waals surface area contributed by atoms with Crippen molar-refractivity contribution in [2.45, 2.75) is 39.8 Å². The van der Waals surface area contributed by atoms with Crippen LogP contribution in [0.25, 0.3) is 0 Å². The van der Waals surface area contributed by atoms with Gasteiger partial charge in [0.1, 0.15) is 6.26 Å². The second-order valence-electron chi connectivity index (χ2n) is 6.13. The predicted octanol–water partition coefficient (Wildman–Crippen LogP) is 1.95. The van der Waals surface area contributed by atoms with Crippen molar-refractivity contribution in [3.05, 3.63) is 12.0 Å². The summed E-state index contributed by atoms with van der Waals surface area (Å²) in [5, 5.41) is 3.40. The van der Waals surface area contributed by atoms with Gasteiger partial charge in [-0.05, 0) is 25.9 Å². The molecule has 2 heterocycles. The van der Waals surface area contributed by atoms with Gasteiger partial charge < -0.3 is 14.6 Å². The van der Waals surface area contributed by atoms with Gasteiger partial charge >= 0.3 is 0 Å². The van der Waals surface area contributed by atoms with Gasteiger partial charge in [0.2, 0.25) is 0 Å². The number of anilines is 1. The fourth-order valence-electron chi connectivity index (χ4n) is 2.57. The van der Waals surface area contributed by atoms with E-state index in [9.17, 15) is 0 Å². The number of hydrogen-bond donors (Lipinski definition) is 1. The number of aromatic nitrogens is 1. The van der Waals surface area contributed by atoms with Crippen LogP contribution in [-0.4, -0.2) is 49.2 Å². The second kappa shape index (κ2) is 7.09. The minimum absolute atomic E-state index is 0.596. The Morgan fingerprint density at radius 3 is 2.95 bits per heavy atom. The first kappa shape index (κ1) is 15.3. The molecule has 1 aromatic rings. The molecule has 1 aromatic heterocycles. The zero-order valence-corrected chi connectivity index (χ0v) is 13.2. The normalized spacial score (nSPS) is 20.9. The van der Waals surface area contributed by atoms with Crippen molar-refractivity contribution in [1.29, 1.82) is 0 Å². The van der Waals surface area contributed by atoms with Crippen LogP contribution in [0.2, 0.25) is 0 Å². The molecule has 0 bridgehead atoms. The molecule has 20 heavy (non-hydrogen) atoms. The Hall–Kier alpha value is -1.07. The van der Waals surface area contributed by atoms with Gasteiger partial charge in [-0.3, -0.25) is 4.90 Å². The van der Waals surface area contributed by atoms with E-state index in [1.54, 1.807) is 6.26 Å². The van der Waals surface area contributed by atoms with Crippen molar-refractivity contribution in [2.24, 2.45) is 5.92 Å². The average Bonchev–Trinajstić information content (AvgIpc) is 2.87. The first-order valence-corrected chi connectivity index (χ1v) is 7.70. The Bertz CT molecular complexity index is 404. The minimum atomic E-state index is 0.596. The first-order valence-electron chi connectivity index (χ1n) is 7.70. The second-order valence-corrected chi connectivity index (χ2v) is 6.13. The molecule has 1 unspecified atom stereocenters. The number of oxazole rings is 1. The van der Waals surface area contributed by atoms with E-state index in [1.165, 1.54) is 0 Å². The zero-order chi connectivity index (χ0) is 14.5. The van der Waals surface area contributed by atoms with Crippen LogP contribution in [0, 0.1) is 5.92 Å². The molecule has 0 spiro atoms. The lowest BCUT2D eigenvalue weighted by Crippen LogP contribution is -2.51. The van der Waals surface area contributed by atoms with Crippen LogP contribution in [0.5, 0.6) is 0 Å². The molecule has 1 N–H and O–H groups in total. The summed E-state index contributed by atoms with van der Waals surface area (Å²) in [5.41, 5.74) is 0.993. The molecule has 0 aromatic carbocycles. The van der Waals surface area contributed by atoms with Gasteiger partial charge in [-0.15, -0.1) is 0 Å². The van der Waals surface area contributed by atoms with Gasteiger partial charge in [0.25, 0.3) is 6.01 Å². The van der Waals surface area contributed by atoms with Gasteiger partial charge in [-0.2, -0.15) is 4.98 Å². The van der Waals surface area contributed by atoms with Crippen LogP contribution in [0.3, 0.4) is 0 Å². The highest BCUT2D eigenvalue weighted by Crippen LogP contribution is 2.19. The molecule has 2 rings (SSSR count). The van der Waals surface area contributed by atoms with Crippen LogP contribution < -0.4 is 10.2 Å². The van der Waals surface area contributed by atoms with E-state index < -0.39 is 0 Å². The maximum absolute atomic E-state index is 5.65. The standard InChI is InChI=1S/C15H28N4O/c1-5-14-10-19(7-6-18(14)4)15-17-13(11-20-15)9-16-8-12(2)3/h11-12,14,16H,5-10H2,1-4H3. The largest absolute Gasteiger partial charge is 0.432 e. The Morgan fingerprint density at radius 2 is 2.25 bits per heavy atom. The third-order valence-corrected chi connectivity index (χ3v) is 3.92. The van der Waals surface area contributed by atoms with Crippen LogP contribution in [0.1, 0.15) is 32.9 Å². The molecule has 0 saturated carbocycles. The molecule has 0 amide bonds. The average molecular weight is 280 g/mol. The molecule has 1 aliphatic rings. The van der Waals surface area contributed by atoms with Crippen molar-refractivity contribution in [3.8, 4) is 0 Å². The summed E-state index contributed by atoms with van der Waals surface area (Å²) < 4.78 is 5.65. The summed E-state index contributed by atoms with van der Waals surface area (Å²) in [7, 11) is 2.20. The Labute approximate surface area is 122 Å². The molecule has 0 radical (unpaired) electrons. The summed E-state index contributed by atoms with van der Waals surface area (Å²) in [4.78, 5) is 9.29. The first-order chi connectivity index (χ1) is 9.60. The highest BCUT2D eigenvalue weighted by atomic mass is 16.4. The SMILES string of the molecule is CCC1CN(c2nc(CNCC(C)C)co2)CCN1C. The molecule has 1 fully saturated rings. The van der Waals surface area contributed by atoms with Crippen molar-refractivity contribution in [3.63, 3.8) is 0 Å². The van der Waals surface area contributed by atoms with Crippen molar-refractivity contribution >= 4 is 6.01 Å². The van der Waals surface area contributed by atoms with Crippen molar-refractivity contribution in [1.82, 2.24) is 15.2 Å². The van der Waals surface area contributed by atoms with E-state index in [0.29, 0.717) is 12.0 Å².